The molecule has 148 valence electrons. The number of amides is 2. The fourth-order valence-electron chi connectivity index (χ4n) is 4.07. The molecule has 3 unspecified atom stereocenters. The zero-order valence-electron chi connectivity index (χ0n) is 16.6. The molecule has 0 saturated carbocycles. The molecule has 0 radical (unpaired) electrons. The molecule has 2 heterocycles. The number of nitrogens with zero attached hydrogens (tertiary/aromatic N) is 2. The summed E-state index contributed by atoms with van der Waals surface area (Å²) in [5.74, 6) is 0.265. The molecule has 2 aliphatic heterocycles. The summed E-state index contributed by atoms with van der Waals surface area (Å²) in [5.41, 5.74) is 4.18. The van der Waals surface area contributed by atoms with Gasteiger partial charge in [0.2, 0.25) is 11.8 Å². The Kier molecular flexibility index (Phi) is 6.50. The SMILES string of the molecule is CCCN1CC(C(=O)NCCC(C)C)C2NN(c3ccccc3)C(=O)C2C1. The molecule has 0 bridgehead atoms. The molecule has 3 rings (SSSR count). The average molecular weight is 373 g/mol. The van der Waals surface area contributed by atoms with Crippen molar-refractivity contribution in [2.24, 2.45) is 17.8 Å². The highest BCUT2D eigenvalue weighted by Gasteiger charge is 2.50. The van der Waals surface area contributed by atoms with Gasteiger partial charge in [-0.15, -0.1) is 0 Å². The number of piperidine rings is 1. The van der Waals surface area contributed by atoms with Gasteiger partial charge in [-0.05, 0) is 37.4 Å². The monoisotopic (exact) mass is 372 g/mol. The van der Waals surface area contributed by atoms with Gasteiger partial charge in [0.15, 0.2) is 0 Å². The molecule has 3 atom stereocenters. The Morgan fingerprint density at radius 3 is 2.67 bits per heavy atom. The molecular weight excluding hydrogens is 340 g/mol. The number of carbonyl (C=O) groups excluding carboxylic acids is 2. The van der Waals surface area contributed by atoms with E-state index in [0.717, 1.165) is 25.1 Å². The summed E-state index contributed by atoms with van der Waals surface area (Å²) >= 11 is 0. The van der Waals surface area contributed by atoms with E-state index in [4.69, 9.17) is 0 Å². The van der Waals surface area contributed by atoms with Gasteiger partial charge in [0, 0.05) is 19.6 Å². The minimum Gasteiger partial charge on any atom is -0.356 e. The fourth-order valence-corrected chi connectivity index (χ4v) is 4.07. The molecule has 2 N–H and O–H groups in total. The van der Waals surface area contributed by atoms with E-state index in [1.807, 2.05) is 30.3 Å². The van der Waals surface area contributed by atoms with Crippen molar-refractivity contribution in [3.63, 3.8) is 0 Å². The van der Waals surface area contributed by atoms with Crippen LogP contribution in [0.5, 0.6) is 0 Å². The number of rotatable bonds is 7. The molecule has 6 heteroatoms. The van der Waals surface area contributed by atoms with Crippen LogP contribution < -0.4 is 15.8 Å². The fraction of sp³-hybridized carbons (Fsp3) is 0.619. The first-order chi connectivity index (χ1) is 13.0. The predicted molar refractivity (Wildman–Crippen MR) is 107 cm³/mol. The largest absolute Gasteiger partial charge is 0.356 e. The average Bonchev–Trinajstić information content (AvgIpc) is 2.98. The smallest absolute Gasteiger partial charge is 0.247 e. The molecule has 1 aromatic carbocycles. The van der Waals surface area contributed by atoms with Crippen LogP contribution in [-0.4, -0.2) is 48.9 Å². The highest BCUT2D eigenvalue weighted by Crippen LogP contribution is 2.31. The van der Waals surface area contributed by atoms with Crippen LogP contribution in [0.4, 0.5) is 5.69 Å². The Bertz CT molecular complexity index is 649. The van der Waals surface area contributed by atoms with Gasteiger partial charge in [-0.1, -0.05) is 39.0 Å². The summed E-state index contributed by atoms with van der Waals surface area (Å²) in [7, 11) is 0. The summed E-state index contributed by atoms with van der Waals surface area (Å²) in [4.78, 5) is 28.2. The summed E-state index contributed by atoms with van der Waals surface area (Å²) in [6.07, 6.45) is 1.98. The molecule has 1 aromatic rings. The number of hydrogen-bond donors (Lipinski definition) is 2. The topological polar surface area (TPSA) is 64.7 Å². The number of carbonyl (C=O) groups is 2. The molecule has 2 aliphatic rings. The zero-order chi connectivity index (χ0) is 19.4. The van der Waals surface area contributed by atoms with Crippen molar-refractivity contribution in [1.82, 2.24) is 15.6 Å². The standard InChI is InChI=1S/C21H32N4O2/c1-4-12-24-13-17(20(26)22-11-10-15(2)3)19-18(14-24)21(27)25(23-19)16-8-6-5-7-9-16/h5-9,15,17-19,23H,4,10-14H2,1-3H3,(H,22,26). The van der Waals surface area contributed by atoms with Crippen molar-refractivity contribution in [2.75, 3.05) is 31.2 Å². The maximum absolute atomic E-state index is 13.1. The summed E-state index contributed by atoms with van der Waals surface area (Å²) in [6.45, 7) is 9.46. The normalized spacial score (nSPS) is 25.7. The van der Waals surface area contributed by atoms with Crippen LogP contribution in [0.1, 0.15) is 33.6 Å². The van der Waals surface area contributed by atoms with Crippen LogP contribution >= 0.6 is 0 Å². The second kappa shape index (κ2) is 8.85. The third-order valence-corrected chi connectivity index (χ3v) is 5.50. The maximum Gasteiger partial charge on any atom is 0.247 e. The van der Waals surface area contributed by atoms with Gasteiger partial charge in [0.25, 0.3) is 0 Å². The molecular formula is C21H32N4O2. The van der Waals surface area contributed by atoms with E-state index >= 15 is 0 Å². The number of benzene rings is 1. The molecule has 2 fully saturated rings. The Labute approximate surface area is 162 Å². The van der Waals surface area contributed by atoms with E-state index in [-0.39, 0.29) is 29.7 Å². The van der Waals surface area contributed by atoms with Crippen LogP contribution in [0.2, 0.25) is 0 Å². The van der Waals surface area contributed by atoms with E-state index in [1.54, 1.807) is 5.01 Å². The van der Waals surface area contributed by atoms with Gasteiger partial charge in [-0.25, -0.2) is 10.4 Å². The molecule has 2 saturated heterocycles. The van der Waals surface area contributed by atoms with E-state index in [9.17, 15) is 9.59 Å². The molecule has 0 spiro atoms. The molecule has 0 aliphatic carbocycles. The first-order valence-corrected chi connectivity index (χ1v) is 10.2. The van der Waals surface area contributed by atoms with Gasteiger partial charge in [-0.2, -0.15) is 0 Å². The number of anilines is 1. The van der Waals surface area contributed by atoms with E-state index in [2.05, 4.69) is 36.4 Å². The number of hydrogen-bond acceptors (Lipinski definition) is 4. The third-order valence-electron chi connectivity index (χ3n) is 5.50. The maximum atomic E-state index is 13.1. The van der Waals surface area contributed by atoms with Crippen LogP contribution in [0, 0.1) is 17.8 Å². The lowest BCUT2D eigenvalue weighted by Gasteiger charge is -2.38. The van der Waals surface area contributed by atoms with Crippen molar-refractivity contribution in [1.29, 1.82) is 0 Å². The first kappa shape index (κ1) is 19.8. The third kappa shape index (κ3) is 4.50. The van der Waals surface area contributed by atoms with E-state index < -0.39 is 0 Å². The molecule has 27 heavy (non-hydrogen) atoms. The minimum absolute atomic E-state index is 0.0571. The number of fused-ring (bicyclic) bond motifs is 1. The van der Waals surface area contributed by atoms with E-state index in [0.29, 0.717) is 25.6 Å². The number of nitrogens with one attached hydrogen (secondary N) is 2. The molecule has 2 amide bonds. The second-order valence-corrected chi connectivity index (χ2v) is 8.11. The van der Waals surface area contributed by atoms with Gasteiger partial charge >= 0.3 is 0 Å². The van der Waals surface area contributed by atoms with Crippen molar-refractivity contribution >= 4 is 17.5 Å². The van der Waals surface area contributed by atoms with Crippen molar-refractivity contribution in [2.45, 2.75) is 39.7 Å². The molecule has 0 aromatic heterocycles. The Hall–Kier alpha value is -1.92. The van der Waals surface area contributed by atoms with Crippen molar-refractivity contribution in [3.05, 3.63) is 30.3 Å². The Balaban J connectivity index is 1.76. The summed E-state index contributed by atoms with van der Waals surface area (Å²) in [6, 6.07) is 9.47. The van der Waals surface area contributed by atoms with Crippen molar-refractivity contribution in [3.8, 4) is 0 Å². The highest BCUT2D eigenvalue weighted by molar-refractivity contribution is 5.98. The molecule has 6 nitrogen and oxygen atoms in total. The lowest BCUT2D eigenvalue weighted by atomic mass is 9.84. The van der Waals surface area contributed by atoms with Gasteiger partial charge < -0.3 is 10.2 Å². The second-order valence-electron chi connectivity index (χ2n) is 8.11. The number of likely N-dealkylation sites (tertiary alicyclic amines) is 1. The number of para-hydroxylation sites is 1. The van der Waals surface area contributed by atoms with Gasteiger partial charge in [0.1, 0.15) is 0 Å². The van der Waals surface area contributed by atoms with Crippen LogP contribution in [-0.2, 0) is 9.59 Å². The van der Waals surface area contributed by atoms with Crippen molar-refractivity contribution < 1.29 is 9.59 Å². The lowest BCUT2D eigenvalue weighted by Crippen LogP contribution is -2.57. The highest BCUT2D eigenvalue weighted by atomic mass is 16.2. The van der Waals surface area contributed by atoms with Crippen LogP contribution in [0.25, 0.3) is 0 Å². The Morgan fingerprint density at radius 2 is 2.00 bits per heavy atom. The van der Waals surface area contributed by atoms with Crippen LogP contribution in [0.15, 0.2) is 30.3 Å². The van der Waals surface area contributed by atoms with Gasteiger partial charge in [0.05, 0.1) is 23.6 Å². The quantitative estimate of drug-likeness (QED) is 0.769. The zero-order valence-corrected chi connectivity index (χ0v) is 16.6. The van der Waals surface area contributed by atoms with Gasteiger partial charge in [-0.3, -0.25) is 9.59 Å². The first-order valence-electron chi connectivity index (χ1n) is 10.2. The lowest BCUT2D eigenvalue weighted by molar-refractivity contribution is -0.129. The number of hydrazine groups is 1. The van der Waals surface area contributed by atoms with E-state index in [1.165, 1.54) is 0 Å². The predicted octanol–water partition coefficient (Wildman–Crippen LogP) is 2.03. The Morgan fingerprint density at radius 1 is 1.26 bits per heavy atom. The minimum atomic E-state index is -0.222. The summed E-state index contributed by atoms with van der Waals surface area (Å²) < 4.78 is 0. The summed E-state index contributed by atoms with van der Waals surface area (Å²) in [5, 5.41) is 4.73. The van der Waals surface area contributed by atoms with Crippen LogP contribution in [0.3, 0.4) is 0 Å².